The molecule has 180 valence electrons. The molecule has 1 saturated heterocycles. The van der Waals surface area contributed by atoms with Crippen molar-refractivity contribution in [2.45, 2.75) is 61.1 Å². The Morgan fingerprint density at radius 3 is 2.68 bits per heavy atom. The van der Waals surface area contributed by atoms with Crippen LogP contribution in [0.3, 0.4) is 0 Å². The molecular formula is C25H29N3O5S. The Hall–Kier alpha value is -3.04. The fraction of sp³-hybridized carbons (Fsp3) is 0.400. The van der Waals surface area contributed by atoms with Gasteiger partial charge in [-0.3, -0.25) is 14.4 Å². The number of carbonyl (C=O) groups is 3. The molecule has 3 atom stereocenters. The van der Waals surface area contributed by atoms with Crippen molar-refractivity contribution in [1.82, 2.24) is 10.6 Å². The predicted molar refractivity (Wildman–Crippen MR) is 130 cm³/mol. The number of ether oxygens (including phenoxy) is 1. The Kier molecular flexibility index (Phi) is 7.43. The molecule has 0 aromatic heterocycles. The van der Waals surface area contributed by atoms with E-state index in [1.807, 2.05) is 44.2 Å². The molecule has 4 rings (SSSR count). The number of benzene rings is 2. The largest absolute Gasteiger partial charge is 0.481 e. The van der Waals surface area contributed by atoms with Gasteiger partial charge in [-0.2, -0.15) is 0 Å². The SMILES string of the molecule is CC(C)C[C@H](NC(=O)c1ccc2c(c1)Nc1ccccc1S2)C(=O)N[C@H]1CCOC1CC(=O)O. The van der Waals surface area contributed by atoms with Crippen LogP contribution in [0.4, 0.5) is 11.4 Å². The van der Waals surface area contributed by atoms with Crippen molar-refractivity contribution in [2.24, 2.45) is 5.92 Å². The molecule has 0 saturated carbocycles. The number of para-hydroxylation sites is 1. The Morgan fingerprint density at radius 1 is 1.15 bits per heavy atom. The summed E-state index contributed by atoms with van der Waals surface area (Å²) in [7, 11) is 0. The lowest BCUT2D eigenvalue weighted by Crippen LogP contribution is -2.52. The number of amides is 2. The third-order valence-corrected chi connectivity index (χ3v) is 7.01. The second-order valence-electron chi connectivity index (χ2n) is 9.00. The molecule has 2 aliphatic heterocycles. The molecule has 8 nitrogen and oxygen atoms in total. The number of carbonyl (C=O) groups excluding carboxylic acids is 2. The molecule has 2 aromatic rings. The van der Waals surface area contributed by atoms with E-state index in [9.17, 15) is 14.4 Å². The normalized spacial score (nSPS) is 19.5. The molecule has 2 heterocycles. The van der Waals surface area contributed by atoms with Crippen LogP contribution in [0, 0.1) is 5.92 Å². The van der Waals surface area contributed by atoms with Gasteiger partial charge in [-0.1, -0.05) is 37.7 Å². The zero-order valence-electron chi connectivity index (χ0n) is 19.2. The van der Waals surface area contributed by atoms with Crippen molar-refractivity contribution in [3.63, 3.8) is 0 Å². The van der Waals surface area contributed by atoms with Crippen LogP contribution in [0.5, 0.6) is 0 Å². The summed E-state index contributed by atoms with van der Waals surface area (Å²) in [6.45, 7) is 4.36. The first-order valence-corrected chi connectivity index (χ1v) is 12.2. The van der Waals surface area contributed by atoms with E-state index in [0.717, 1.165) is 21.2 Å². The maximum atomic E-state index is 13.1. The summed E-state index contributed by atoms with van der Waals surface area (Å²) in [5.74, 6) is -1.46. The van der Waals surface area contributed by atoms with Gasteiger partial charge in [0.15, 0.2) is 0 Å². The standard InChI is InChI=1S/C25H29N3O5S/c1-14(2)11-19(25(32)27-16-9-10-33-20(16)13-23(29)30)28-24(31)15-7-8-22-18(12-15)26-17-5-3-4-6-21(17)34-22/h3-8,12,14,16,19-20,26H,9-11,13H2,1-2H3,(H,27,32)(H,28,31)(H,29,30)/t16-,19-,20?/m0/s1. The molecular weight excluding hydrogens is 454 g/mol. The van der Waals surface area contributed by atoms with E-state index >= 15 is 0 Å². The number of aliphatic carboxylic acids is 1. The van der Waals surface area contributed by atoms with Crippen LogP contribution >= 0.6 is 11.8 Å². The lowest BCUT2D eigenvalue weighted by atomic mass is 10.0. The lowest BCUT2D eigenvalue weighted by molar-refractivity contribution is -0.140. The highest BCUT2D eigenvalue weighted by atomic mass is 32.2. The summed E-state index contributed by atoms with van der Waals surface area (Å²) >= 11 is 1.64. The number of anilines is 2. The van der Waals surface area contributed by atoms with Gasteiger partial charge in [-0.15, -0.1) is 0 Å². The van der Waals surface area contributed by atoms with Crippen molar-refractivity contribution in [2.75, 3.05) is 11.9 Å². The molecule has 2 amide bonds. The van der Waals surface area contributed by atoms with E-state index in [1.54, 1.807) is 23.9 Å². The average molecular weight is 484 g/mol. The van der Waals surface area contributed by atoms with Crippen LogP contribution in [-0.2, 0) is 14.3 Å². The Balaban J connectivity index is 1.45. The number of hydrogen-bond donors (Lipinski definition) is 4. The molecule has 2 aromatic carbocycles. The van der Waals surface area contributed by atoms with Crippen molar-refractivity contribution in [3.8, 4) is 0 Å². The minimum absolute atomic E-state index is 0.170. The van der Waals surface area contributed by atoms with Gasteiger partial charge in [0.2, 0.25) is 5.91 Å². The molecule has 1 fully saturated rings. The first-order chi connectivity index (χ1) is 16.3. The summed E-state index contributed by atoms with van der Waals surface area (Å²) in [6, 6.07) is 12.3. The molecule has 1 unspecified atom stereocenters. The maximum absolute atomic E-state index is 13.1. The van der Waals surface area contributed by atoms with E-state index in [2.05, 4.69) is 16.0 Å². The zero-order chi connectivity index (χ0) is 24.2. The van der Waals surface area contributed by atoms with Crippen LogP contribution in [0.15, 0.2) is 52.3 Å². The van der Waals surface area contributed by atoms with Crippen LogP contribution in [0.1, 0.15) is 43.5 Å². The molecule has 2 aliphatic rings. The van der Waals surface area contributed by atoms with E-state index in [4.69, 9.17) is 9.84 Å². The summed E-state index contributed by atoms with van der Waals surface area (Å²) in [5, 5.41) is 18.2. The summed E-state index contributed by atoms with van der Waals surface area (Å²) < 4.78 is 5.47. The van der Waals surface area contributed by atoms with E-state index in [0.29, 0.717) is 25.0 Å². The van der Waals surface area contributed by atoms with E-state index in [-0.39, 0.29) is 30.2 Å². The molecule has 0 bridgehead atoms. The van der Waals surface area contributed by atoms with Crippen LogP contribution in [-0.4, -0.2) is 47.7 Å². The van der Waals surface area contributed by atoms with E-state index in [1.165, 1.54) is 0 Å². The molecule has 0 radical (unpaired) electrons. The van der Waals surface area contributed by atoms with Gasteiger partial charge < -0.3 is 25.8 Å². The second-order valence-corrected chi connectivity index (χ2v) is 10.1. The summed E-state index contributed by atoms with van der Waals surface area (Å²) in [4.78, 5) is 39.4. The number of carboxylic acids is 1. The van der Waals surface area contributed by atoms with Crippen molar-refractivity contribution >= 4 is 40.9 Å². The minimum Gasteiger partial charge on any atom is -0.481 e. The van der Waals surface area contributed by atoms with Crippen LogP contribution in [0.25, 0.3) is 0 Å². The highest BCUT2D eigenvalue weighted by molar-refractivity contribution is 7.99. The van der Waals surface area contributed by atoms with Crippen LogP contribution in [0.2, 0.25) is 0 Å². The molecule has 4 N–H and O–H groups in total. The van der Waals surface area contributed by atoms with Crippen LogP contribution < -0.4 is 16.0 Å². The highest BCUT2D eigenvalue weighted by Crippen LogP contribution is 2.44. The van der Waals surface area contributed by atoms with Gasteiger partial charge >= 0.3 is 5.97 Å². The first kappa shape index (κ1) is 24.1. The van der Waals surface area contributed by atoms with E-state index < -0.39 is 18.1 Å². The second kappa shape index (κ2) is 10.5. The fourth-order valence-corrected chi connectivity index (χ4v) is 5.16. The Morgan fingerprint density at radius 2 is 1.91 bits per heavy atom. The Bertz CT molecular complexity index is 1090. The number of fused-ring (bicyclic) bond motifs is 2. The third kappa shape index (κ3) is 5.71. The predicted octanol–water partition coefficient (Wildman–Crippen LogP) is 3.79. The molecule has 9 heteroatoms. The highest BCUT2D eigenvalue weighted by Gasteiger charge is 2.33. The van der Waals surface area contributed by atoms with Gasteiger partial charge in [0, 0.05) is 22.0 Å². The number of nitrogens with one attached hydrogen (secondary N) is 3. The lowest BCUT2D eigenvalue weighted by Gasteiger charge is -2.25. The molecule has 0 spiro atoms. The number of hydrogen-bond acceptors (Lipinski definition) is 6. The Labute approximate surface area is 202 Å². The summed E-state index contributed by atoms with van der Waals surface area (Å²) in [5.41, 5.74) is 2.30. The fourth-order valence-electron chi connectivity index (χ4n) is 4.20. The van der Waals surface area contributed by atoms with Crippen molar-refractivity contribution in [1.29, 1.82) is 0 Å². The zero-order valence-corrected chi connectivity index (χ0v) is 20.0. The summed E-state index contributed by atoms with van der Waals surface area (Å²) in [6.07, 6.45) is 0.266. The van der Waals surface area contributed by atoms with Gasteiger partial charge in [0.25, 0.3) is 5.91 Å². The van der Waals surface area contributed by atoms with Gasteiger partial charge in [-0.25, -0.2) is 0 Å². The van der Waals surface area contributed by atoms with Crippen molar-refractivity contribution < 1.29 is 24.2 Å². The first-order valence-electron chi connectivity index (χ1n) is 11.4. The maximum Gasteiger partial charge on any atom is 0.306 e. The monoisotopic (exact) mass is 483 g/mol. The third-order valence-electron chi connectivity index (χ3n) is 5.86. The topological polar surface area (TPSA) is 117 Å². The number of rotatable bonds is 8. The van der Waals surface area contributed by atoms with Gasteiger partial charge in [0.05, 0.1) is 29.9 Å². The van der Waals surface area contributed by atoms with Gasteiger partial charge in [-0.05, 0) is 49.1 Å². The van der Waals surface area contributed by atoms with Gasteiger partial charge in [0.1, 0.15) is 6.04 Å². The molecule has 0 aliphatic carbocycles. The quantitative estimate of drug-likeness (QED) is 0.385. The molecule has 34 heavy (non-hydrogen) atoms. The smallest absolute Gasteiger partial charge is 0.306 e. The number of carboxylic acid groups (broad SMARTS) is 1. The minimum atomic E-state index is -0.972. The average Bonchev–Trinajstić information content (AvgIpc) is 3.22. The van der Waals surface area contributed by atoms with Crippen molar-refractivity contribution in [3.05, 3.63) is 48.0 Å².